The van der Waals surface area contributed by atoms with Gasteiger partial charge >= 0.3 is 5.97 Å². The van der Waals surface area contributed by atoms with Crippen molar-refractivity contribution in [2.24, 2.45) is 7.05 Å². The second-order valence-corrected chi connectivity index (χ2v) is 7.72. The third kappa shape index (κ3) is 3.65. The number of aryl methyl sites for hydroxylation is 1. The van der Waals surface area contributed by atoms with Crippen LogP contribution in [-0.4, -0.2) is 72.6 Å². The second-order valence-electron chi connectivity index (χ2n) is 7.72. The van der Waals surface area contributed by atoms with Crippen LogP contribution in [0, 0.1) is 0 Å². The summed E-state index contributed by atoms with van der Waals surface area (Å²) in [5.41, 5.74) is 3.41. The molecule has 0 atom stereocenters. The first-order valence-corrected chi connectivity index (χ1v) is 10.5. The molecule has 33 heavy (non-hydrogen) atoms. The number of piperazine rings is 1. The van der Waals surface area contributed by atoms with Gasteiger partial charge in [-0.05, 0) is 5.56 Å². The molecule has 1 aliphatic heterocycles. The molecular formula is C23H21N7O3. The van der Waals surface area contributed by atoms with E-state index in [1.807, 2.05) is 51.7 Å². The summed E-state index contributed by atoms with van der Waals surface area (Å²) in [5.74, 6) is -0.614. The van der Waals surface area contributed by atoms with Crippen LogP contribution in [0.15, 0.2) is 55.1 Å². The van der Waals surface area contributed by atoms with Crippen molar-refractivity contribution >= 4 is 28.9 Å². The van der Waals surface area contributed by atoms with E-state index in [2.05, 4.69) is 19.9 Å². The lowest BCUT2D eigenvalue weighted by Crippen LogP contribution is -2.49. The molecule has 1 aliphatic rings. The molecule has 4 heterocycles. The molecule has 5 rings (SSSR count). The maximum atomic E-state index is 13.7. The first-order valence-electron chi connectivity index (χ1n) is 10.5. The number of carboxylic acid groups (broad SMARTS) is 1. The van der Waals surface area contributed by atoms with Crippen LogP contribution in [0.25, 0.3) is 22.4 Å². The van der Waals surface area contributed by atoms with Gasteiger partial charge in [0.25, 0.3) is 5.91 Å². The highest BCUT2D eigenvalue weighted by Gasteiger charge is 2.30. The van der Waals surface area contributed by atoms with E-state index in [0.29, 0.717) is 48.7 Å². The number of hydrogen-bond acceptors (Lipinski definition) is 7. The molecule has 4 aromatic rings. The Bertz CT molecular complexity index is 1330. The van der Waals surface area contributed by atoms with Gasteiger partial charge in [-0.1, -0.05) is 30.3 Å². The average Bonchev–Trinajstić information content (AvgIpc) is 3.16. The number of amides is 1. The number of anilines is 1. The fourth-order valence-corrected chi connectivity index (χ4v) is 4.17. The molecule has 1 amide bonds. The normalized spacial score (nSPS) is 14.0. The zero-order chi connectivity index (χ0) is 22.9. The summed E-state index contributed by atoms with van der Waals surface area (Å²) in [6, 6.07) is 9.77. The fraction of sp³-hybridized carbons (Fsp3) is 0.217. The minimum atomic E-state index is -1.11. The summed E-state index contributed by atoms with van der Waals surface area (Å²) < 4.78 is 1.92. The summed E-state index contributed by atoms with van der Waals surface area (Å²) in [4.78, 5) is 45.6. The van der Waals surface area contributed by atoms with Gasteiger partial charge < -0.3 is 19.5 Å². The highest BCUT2D eigenvalue weighted by atomic mass is 16.4. The number of fused-ring (bicyclic) bond motifs is 1. The Balaban J connectivity index is 1.43. The molecule has 3 aromatic heterocycles. The molecule has 0 bridgehead atoms. The average molecular weight is 443 g/mol. The van der Waals surface area contributed by atoms with Crippen molar-refractivity contribution in [3.63, 3.8) is 0 Å². The number of hydrogen-bond donors (Lipinski definition) is 1. The van der Waals surface area contributed by atoms with Gasteiger partial charge in [0, 0.05) is 45.6 Å². The minimum absolute atomic E-state index is 0.0908. The Hall–Kier alpha value is -4.34. The van der Waals surface area contributed by atoms with Gasteiger partial charge in [-0.2, -0.15) is 0 Å². The highest BCUT2D eigenvalue weighted by molar-refractivity contribution is 6.10. The smallest absolute Gasteiger partial charge is 0.356 e. The molecule has 166 valence electrons. The Morgan fingerprint density at radius 3 is 2.30 bits per heavy atom. The predicted molar refractivity (Wildman–Crippen MR) is 121 cm³/mol. The van der Waals surface area contributed by atoms with E-state index >= 15 is 0 Å². The topological polar surface area (TPSA) is 117 Å². The Labute approximate surface area is 189 Å². The quantitative estimate of drug-likeness (QED) is 0.510. The lowest BCUT2D eigenvalue weighted by atomic mass is 10.1. The Morgan fingerprint density at radius 2 is 1.64 bits per heavy atom. The monoisotopic (exact) mass is 443 g/mol. The lowest BCUT2D eigenvalue weighted by Gasteiger charge is -2.35. The summed E-state index contributed by atoms with van der Waals surface area (Å²) in [5, 5.41) is 9.00. The number of aromatic nitrogens is 5. The fourth-order valence-electron chi connectivity index (χ4n) is 4.17. The van der Waals surface area contributed by atoms with E-state index < -0.39 is 5.97 Å². The number of carbonyl (C=O) groups is 2. The van der Waals surface area contributed by atoms with Crippen LogP contribution in [0.1, 0.15) is 20.8 Å². The highest BCUT2D eigenvalue weighted by Crippen LogP contribution is 2.32. The third-order valence-corrected chi connectivity index (χ3v) is 5.81. The SMILES string of the molecule is Cn1c(-c2ccccc2)c(C(=O)N2CCN(c3cnc(C(=O)O)cn3)CC2)c2nccnc21. The van der Waals surface area contributed by atoms with E-state index in [9.17, 15) is 9.59 Å². The second kappa shape index (κ2) is 8.30. The summed E-state index contributed by atoms with van der Waals surface area (Å²) in [6.07, 6.45) is 5.93. The number of carbonyl (C=O) groups excluding carboxylic acids is 1. The van der Waals surface area contributed by atoms with Crippen molar-refractivity contribution in [2.75, 3.05) is 31.1 Å². The minimum Gasteiger partial charge on any atom is -0.476 e. The molecule has 0 spiro atoms. The van der Waals surface area contributed by atoms with Crippen molar-refractivity contribution in [1.29, 1.82) is 0 Å². The van der Waals surface area contributed by atoms with Crippen molar-refractivity contribution in [2.45, 2.75) is 0 Å². The molecule has 10 nitrogen and oxygen atoms in total. The van der Waals surface area contributed by atoms with Crippen LogP contribution in [0.4, 0.5) is 5.82 Å². The number of nitrogens with zero attached hydrogens (tertiary/aromatic N) is 7. The van der Waals surface area contributed by atoms with E-state index in [0.717, 1.165) is 11.3 Å². The zero-order valence-electron chi connectivity index (χ0n) is 17.9. The van der Waals surface area contributed by atoms with Crippen molar-refractivity contribution in [1.82, 2.24) is 29.4 Å². The maximum absolute atomic E-state index is 13.7. The van der Waals surface area contributed by atoms with Gasteiger partial charge in [-0.3, -0.25) is 9.78 Å². The van der Waals surface area contributed by atoms with E-state index in [4.69, 9.17) is 5.11 Å². The Kier molecular flexibility index (Phi) is 5.17. The first kappa shape index (κ1) is 20.6. The number of aromatic carboxylic acids is 1. The van der Waals surface area contributed by atoms with Crippen LogP contribution in [-0.2, 0) is 7.05 Å². The molecule has 0 radical (unpaired) electrons. The number of benzene rings is 1. The van der Waals surface area contributed by atoms with Crippen LogP contribution in [0.5, 0.6) is 0 Å². The van der Waals surface area contributed by atoms with Crippen LogP contribution < -0.4 is 4.90 Å². The molecular weight excluding hydrogens is 422 g/mol. The first-order chi connectivity index (χ1) is 16.0. The van der Waals surface area contributed by atoms with Gasteiger partial charge in [0.2, 0.25) is 0 Å². The zero-order valence-corrected chi connectivity index (χ0v) is 17.9. The van der Waals surface area contributed by atoms with Gasteiger partial charge in [-0.25, -0.2) is 19.7 Å². The summed E-state index contributed by atoms with van der Waals surface area (Å²) in [6.45, 7) is 2.10. The van der Waals surface area contributed by atoms with Gasteiger partial charge in [0.05, 0.1) is 23.7 Å². The van der Waals surface area contributed by atoms with Crippen LogP contribution >= 0.6 is 0 Å². The number of carboxylic acids is 1. The van der Waals surface area contributed by atoms with E-state index in [-0.39, 0.29) is 11.6 Å². The molecule has 10 heteroatoms. The summed E-state index contributed by atoms with van der Waals surface area (Å²) >= 11 is 0. The van der Waals surface area contributed by atoms with E-state index in [1.54, 1.807) is 12.4 Å². The molecule has 1 fully saturated rings. The lowest BCUT2D eigenvalue weighted by molar-refractivity contribution is 0.0688. The van der Waals surface area contributed by atoms with Crippen molar-refractivity contribution in [3.05, 3.63) is 66.4 Å². The molecule has 0 aliphatic carbocycles. The van der Waals surface area contributed by atoms with Crippen LogP contribution in [0.2, 0.25) is 0 Å². The number of rotatable bonds is 4. The van der Waals surface area contributed by atoms with Crippen LogP contribution in [0.3, 0.4) is 0 Å². The molecule has 0 saturated carbocycles. The van der Waals surface area contributed by atoms with Gasteiger partial charge in [0.1, 0.15) is 11.3 Å². The molecule has 1 saturated heterocycles. The van der Waals surface area contributed by atoms with Crippen molar-refractivity contribution in [3.8, 4) is 11.3 Å². The largest absolute Gasteiger partial charge is 0.476 e. The van der Waals surface area contributed by atoms with Gasteiger partial charge in [0.15, 0.2) is 11.3 Å². The standard InChI is InChI=1S/C23H21N7O3/c1-28-20(15-5-3-2-4-6-15)18(19-21(28)25-8-7-24-19)22(31)30-11-9-29(10-12-30)17-14-26-16(13-27-17)23(32)33/h2-8,13-14H,9-12H2,1H3,(H,32,33). The van der Waals surface area contributed by atoms with Gasteiger partial charge in [-0.15, -0.1) is 0 Å². The molecule has 1 N–H and O–H groups in total. The van der Waals surface area contributed by atoms with Crippen molar-refractivity contribution < 1.29 is 14.7 Å². The maximum Gasteiger partial charge on any atom is 0.356 e. The Morgan fingerprint density at radius 1 is 0.909 bits per heavy atom. The predicted octanol–water partition coefficient (Wildman–Crippen LogP) is 2.09. The van der Waals surface area contributed by atoms with E-state index in [1.165, 1.54) is 12.4 Å². The summed E-state index contributed by atoms with van der Waals surface area (Å²) in [7, 11) is 1.90. The molecule has 1 aromatic carbocycles. The third-order valence-electron chi connectivity index (χ3n) is 5.81. The molecule has 0 unspecified atom stereocenters.